The number of ether oxygens (including phenoxy) is 1. The molecule has 0 spiro atoms. The molecule has 1 aromatic heterocycles. The number of anilines is 1. The van der Waals surface area contributed by atoms with E-state index >= 15 is 0 Å². The van der Waals surface area contributed by atoms with Gasteiger partial charge in [-0.3, -0.25) is 4.79 Å². The number of aryl methyl sites for hydroxylation is 2. The van der Waals surface area contributed by atoms with E-state index in [2.05, 4.69) is 15.3 Å². The molecule has 0 bridgehead atoms. The van der Waals surface area contributed by atoms with Gasteiger partial charge in [-0.05, 0) is 38.0 Å². The summed E-state index contributed by atoms with van der Waals surface area (Å²) in [6.45, 7) is 5.73. The molecule has 0 aliphatic rings. The van der Waals surface area contributed by atoms with Gasteiger partial charge in [-0.2, -0.15) is 4.98 Å². The smallest absolute Gasteiger partial charge is 0.316 e. The average Bonchev–Trinajstić information content (AvgIpc) is 2.43. The van der Waals surface area contributed by atoms with Gasteiger partial charge in [0.25, 0.3) is 5.91 Å². The Morgan fingerprint density at radius 2 is 2.00 bits per heavy atom. The molecule has 1 amide bonds. The fourth-order valence-corrected chi connectivity index (χ4v) is 1.84. The fourth-order valence-electron chi connectivity index (χ4n) is 1.84. The second-order valence-corrected chi connectivity index (χ2v) is 4.56. The summed E-state index contributed by atoms with van der Waals surface area (Å²) in [6.07, 6.45) is 1.47. The minimum atomic E-state index is -0.223. The number of methoxy groups -OCH3 is 1. The lowest BCUT2D eigenvalue weighted by atomic mass is 10.1. The molecule has 20 heavy (non-hydrogen) atoms. The second-order valence-electron chi connectivity index (χ2n) is 4.56. The normalized spacial score (nSPS) is 10.2. The summed E-state index contributed by atoms with van der Waals surface area (Å²) in [4.78, 5) is 20.3. The molecular formula is C15H17N3O2. The van der Waals surface area contributed by atoms with Crippen molar-refractivity contribution in [3.05, 3.63) is 46.8 Å². The Balaban J connectivity index is 2.26. The van der Waals surface area contributed by atoms with Crippen LogP contribution in [0, 0.1) is 20.8 Å². The third-order valence-corrected chi connectivity index (χ3v) is 3.24. The molecule has 1 aromatic carbocycles. The highest BCUT2D eigenvalue weighted by Gasteiger charge is 2.13. The molecule has 0 aliphatic heterocycles. The third-order valence-electron chi connectivity index (χ3n) is 3.24. The summed E-state index contributed by atoms with van der Waals surface area (Å²) in [6, 6.07) is 6.05. The zero-order valence-corrected chi connectivity index (χ0v) is 12.0. The van der Waals surface area contributed by atoms with Crippen LogP contribution in [0.2, 0.25) is 0 Å². The maximum atomic E-state index is 12.3. The summed E-state index contributed by atoms with van der Waals surface area (Å²) in [5.74, 6) is -0.223. The van der Waals surface area contributed by atoms with E-state index in [0.717, 1.165) is 16.8 Å². The predicted octanol–water partition coefficient (Wildman–Crippen LogP) is 2.66. The van der Waals surface area contributed by atoms with E-state index in [9.17, 15) is 4.79 Å². The van der Waals surface area contributed by atoms with Crippen molar-refractivity contribution in [1.29, 1.82) is 0 Å². The molecule has 5 nitrogen and oxygen atoms in total. The lowest BCUT2D eigenvalue weighted by Gasteiger charge is -2.11. The minimum Gasteiger partial charge on any atom is -0.467 e. The first-order valence-electron chi connectivity index (χ1n) is 6.28. The Labute approximate surface area is 118 Å². The van der Waals surface area contributed by atoms with Gasteiger partial charge in [-0.25, -0.2) is 4.98 Å². The number of rotatable bonds is 3. The predicted molar refractivity (Wildman–Crippen MR) is 77.2 cm³/mol. The molecule has 0 radical (unpaired) electrons. The van der Waals surface area contributed by atoms with E-state index in [0.29, 0.717) is 11.3 Å². The lowest BCUT2D eigenvalue weighted by Crippen LogP contribution is -2.15. The SMILES string of the molecule is COc1ncc(C(=O)Nc2cccc(C)c2C)c(C)n1. The maximum Gasteiger partial charge on any atom is 0.316 e. The van der Waals surface area contributed by atoms with E-state index in [4.69, 9.17) is 4.74 Å². The highest BCUT2D eigenvalue weighted by molar-refractivity contribution is 6.05. The van der Waals surface area contributed by atoms with E-state index in [1.54, 1.807) is 6.92 Å². The van der Waals surface area contributed by atoms with Gasteiger partial charge in [0.2, 0.25) is 0 Å². The van der Waals surface area contributed by atoms with Crippen LogP contribution in [0.1, 0.15) is 27.2 Å². The van der Waals surface area contributed by atoms with Gasteiger partial charge in [0, 0.05) is 11.9 Å². The standard InChI is InChI=1S/C15H17N3O2/c1-9-6-5-7-13(10(9)2)18-14(19)12-8-16-15(20-4)17-11(12)3/h5-8H,1-4H3,(H,18,19). The monoisotopic (exact) mass is 271 g/mol. The molecule has 5 heteroatoms. The number of carbonyl (C=O) groups is 1. The largest absolute Gasteiger partial charge is 0.467 e. The van der Waals surface area contributed by atoms with Gasteiger partial charge >= 0.3 is 6.01 Å². The van der Waals surface area contributed by atoms with Gasteiger partial charge in [-0.1, -0.05) is 12.1 Å². The van der Waals surface area contributed by atoms with Crippen molar-refractivity contribution in [2.24, 2.45) is 0 Å². The highest BCUT2D eigenvalue weighted by Crippen LogP contribution is 2.19. The van der Waals surface area contributed by atoms with Crippen LogP contribution in [0.15, 0.2) is 24.4 Å². The topological polar surface area (TPSA) is 64.1 Å². The van der Waals surface area contributed by atoms with Crippen LogP contribution in [-0.4, -0.2) is 23.0 Å². The molecule has 1 N–H and O–H groups in total. The molecule has 0 unspecified atom stereocenters. The Morgan fingerprint density at radius 1 is 1.25 bits per heavy atom. The van der Waals surface area contributed by atoms with E-state index in [1.165, 1.54) is 13.3 Å². The minimum absolute atomic E-state index is 0.223. The summed E-state index contributed by atoms with van der Waals surface area (Å²) < 4.78 is 4.93. The van der Waals surface area contributed by atoms with Crippen LogP contribution in [0.4, 0.5) is 5.69 Å². The molecule has 1 heterocycles. The van der Waals surface area contributed by atoms with Crippen molar-refractivity contribution in [1.82, 2.24) is 9.97 Å². The molecule has 2 rings (SSSR count). The first-order chi connectivity index (χ1) is 9.52. The number of aromatic nitrogens is 2. The number of nitrogens with zero attached hydrogens (tertiary/aromatic N) is 2. The van der Waals surface area contributed by atoms with E-state index < -0.39 is 0 Å². The molecule has 0 saturated heterocycles. The Hall–Kier alpha value is -2.43. The van der Waals surface area contributed by atoms with Crippen molar-refractivity contribution in [2.75, 3.05) is 12.4 Å². The van der Waals surface area contributed by atoms with Crippen LogP contribution in [0.25, 0.3) is 0 Å². The van der Waals surface area contributed by atoms with Crippen molar-refractivity contribution in [3.8, 4) is 6.01 Å². The molecular weight excluding hydrogens is 254 g/mol. The Bertz CT molecular complexity index is 654. The highest BCUT2D eigenvalue weighted by atomic mass is 16.5. The summed E-state index contributed by atoms with van der Waals surface area (Å²) in [5, 5.41) is 2.89. The van der Waals surface area contributed by atoms with Crippen LogP contribution < -0.4 is 10.1 Å². The molecule has 0 atom stereocenters. The van der Waals surface area contributed by atoms with Gasteiger partial charge in [0.1, 0.15) is 0 Å². The van der Waals surface area contributed by atoms with Crippen molar-refractivity contribution < 1.29 is 9.53 Å². The van der Waals surface area contributed by atoms with Crippen LogP contribution in [0.3, 0.4) is 0 Å². The second kappa shape index (κ2) is 5.69. The average molecular weight is 271 g/mol. The number of carbonyl (C=O) groups excluding carboxylic acids is 1. The van der Waals surface area contributed by atoms with Crippen LogP contribution in [0.5, 0.6) is 6.01 Å². The number of hydrogen-bond acceptors (Lipinski definition) is 4. The molecule has 104 valence electrons. The van der Waals surface area contributed by atoms with Crippen molar-refractivity contribution in [3.63, 3.8) is 0 Å². The van der Waals surface area contributed by atoms with Crippen LogP contribution in [-0.2, 0) is 0 Å². The van der Waals surface area contributed by atoms with Gasteiger partial charge in [0.15, 0.2) is 0 Å². The van der Waals surface area contributed by atoms with E-state index in [1.807, 2.05) is 32.0 Å². The molecule has 0 fully saturated rings. The third kappa shape index (κ3) is 2.77. The zero-order chi connectivity index (χ0) is 14.7. The first kappa shape index (κ1) is 14.0. The fraction of sp³-hybridized carbons (Fsp3) is 0.267. The van der Waals surface area contributed by atoms with Crippen molar-refractivity contribution in [2.45, 2.75) is 20.8 Å². The number of amides is 1. The van der Waals surface area contributed by atoms with E-state index in [-0.39, 0.29) is 11.9 Å². The maximum absolute atomic E-state index is 12.3. The number of nitrogens with one attached hydrogen (secondary N) is 1. The van der Waals surface area contributed by atoms with Crippen LogP contribution >= 0.6 is 0 Å². The number of hydrogen-bond donors (Lipinski definition) is 1. The van der Waals surface area contributed by atoms with Gasteiger partial charge in [-0.15, -0.1) is 0 Å². The molecule has 0 saturated carbocycles. The Kier molecular flexibility index (Phi) is 3.98. The first-order valence-corrected chi connectivity index (χ1v) is 6.28. The molecule has 0 aliphatic carbocycles. The van der Waals surface area contributed by atoms with Crippen molar-refractivity contribution >= 4 is 11.6 Å². The Morgan fingerprint density at radius 3 is 2.65 bits per heavy atom. The summed E-state index contributed by atoms with van der Waals surface area (Å²) in [5.41, 5.74) is 4.00. The quantitative estimate of drug-likeness (QED) is 0.932. The summed E-state index contributed by atoms with van der Waals surface area (Å²) >= 11 is 0. The lowest BCUT2D eigenvalue weighted by molar-refractivity contribution is 0.102. The number of benzene rings is 1. The van der Waals surface area contributed by atoms with Gasteiger partial charge in [0.05, 0.1) is 18.4 Å². The molecule has 2 aromatic rings. The summed E-state index contributed by atoms with van der Waals surface area (Å²) in [7, 11) is 1.49. The van der Waals surface area contributed by atoms with Gasteiger partial charge < -0.3 is 10.1 Å². The zero-order valence-electron chi connectivity index (χ0n) is 12.0.